The Balaban J connectivity index is 1.28. The molecule has 0 saturated heterocycles. The van der Waals surface area contributed by atoms with E-state index < -0.39 is 0 Å². The molecule has 0 aliphatic rings. The van der Waals surface area contributed by atoms with Crippen molar-refractivity contribution in [1.29, 1.82) is 0 Å². The second-order valence-corrected chi connectivity index (χ2v) is 8.19. The van der Waals surface area contributed by atoms with Crippen LogP contribution in [0.1, 0.15) is 30.3 Å². The monoisotopic (exact) mass is 452 g/mol. The number of aromatic nitrogens is 5. The Kier molecular flexibility index (Phi) is 6.11. The number of nitrogens with one attached hydrogen (secondary N) is 2. The SMILES string of the molecule is O=C(CCCn1nnc2ccccc2c1=O)N[C@H](Cc1ccccc1)c1nc2ccccc2[nH]1. The minimum Gasteiger partial charge on any atom is -0.346 e. The van der Waals surface area contributed by atoms with Gasteiger partial charge in [-0.05, 0) is 42.7 Å². The van der Waals surface area contributed by atoms with E-state index >= 15 is 0 Å². The molecule has 0 unspecified atom stereocenters. The van der Waals surface area contributed by atoms with Gasteiger partial charge in [0.15, 0.2) is 0 Å². The molecule has 0 aliphatic heterocycles. The summed E-state index contributed by atoms with van der Waals surface area (Å²) in [5, 5.41) is 11.7. The lowest BCUT2D eigenvalue weighted by molar-refractivity contribution is -0.122. The third-order valence-electron chi connectivity index (χ3n) is 5.76. The number of rotatable bonds is 8. The van der Waals surface area contributed by atoms with Crippen molar-refractivity contribution in [2.24, 2.45) is 0 Å². The highest BCUT2D eigenvalue weighted by Crippen LogP contribution is 2.20. The van der Waals surface area contributed by atoms with E-state index in [1.165, 1.54) is 4.68 Å². The Bertz CT molecular complexity index is 1460. The van der Waals surface area contributed by atoms with Crippen LogP contribution in [0.5, 0.6) is 0 Å². The van der Waals surface area contributed by atoms with Gasteiger partial charge in [-0.15, -0.1) is 5.10 Å². The number of para-hydroxylation sites is 2. The van der Waals surface area contributed by atoms with E-state index in [1.807, 2.05) is 60.7 Å². The number of carbonyl (C=O) groups is 1. The van der Waals surface area contributed by atoms with Crippen molar-refractivity contribution < 1.29 is 4.79 Å². The highest BCUT2D eigenvalue weighted by molar-refractivity contribution is 5.78. The molecule has 0 radical (unpaired) electrons. The van der Waals surface area contributed by atoms with Gasteiger partial charge in [0.05, 0.1) is 22.5 Å². The average molecular weight is 453 g/mol. The fourth-order valence-corrected chi connectivity index (χ4v) is 4.03. The molecule has 0 bridgehead atoms. The van der Waals surface area contributed by atoms with Crippen LogP contribution in [-0.2, 0) is 17.8 Å². The Hall–Kier alpha value is -4.33. The number of H-pyrrole nitrogens is 1. The molecule has 8 heteroatoms. The van der Waals surface area contributed by atoms with Gasteiger partial charge in [0.2, 0.25) is 5.91 Å². The Labute approximate surface area is 195 Å². The lowest BCUT2D eigenvalue weighted by Crippen LogP contribution is -2.31. The number of fused-ring (bicyclic) bond motifs is 2. The molecule has 2 aromatic heterocycles. The maximum absolute atomic E-state index is 12.8. The molecular formula is C26H24N6O2. The summed E-state index contributed by atoms with van der Waals surface area (Å²) in [6.07, 6.45) is 1.34. The maximum atomic E-state index is 12.8. The molecule has 2 heterocycles. The van der Waals surface area contributed by atoms with Crippen LogP contribution in [0.2, 0.25) is 0 Å². The van der Waals surface area contributed by atoms with E-state index in [1.54, 1.807) is 18.2 Å². The topological polar surface area (TPSA) is 106 Å². The van der Waals surface area contributed by atoms with Crippen molar-refractivity contribution in [2.45, 2.75) is 31.8 Å². The van der Waals surface area contributed by atoms with E-state index in [9.17, 15) is 9.59 Å². The molecule has 1 amide bonds. The summed E-state index contributed by atoms with van der Waals surface area (Å²) in [6.45, 7) is 0.318. The smallest absolute Gasteiger partial charge is 0.277 e. The van der Waals surface area contributed by atoms with E-state index in [2.05, 4.69) is 20.6 Å². The van der Waals surface area contributed by atoms with Gasteiger partial charge < -0.3 is 10.3 Å². The lowest BCUT2D eigenvalue weighted by atomic mass is 10.1. The summed E-state index contributed by atoms with van der Waals surface area (Å²) in [6, 6.07) is 24.6. The summed E-state index contributed by atoms with van der Waals surface area (Å²) in [5.41, 5.74) is 3.26. The number of amides is 1. The largest absolute Gasteiger partial charge is 0.346 e. The number of carbonyl (C=O) groups excluding carboxylic acids is 1. The fraction of sp³-hybridized carbons (Fsp3) is 0.192. The van der Waals surface area contributed by atoms with E-state index in [-0.39, 0.29) is 23.9 Å². The van der Waals surface area contributed by atoms with Crippen LogP contribution in [0.25, 0.3) is 21.9 Å². The van der Waals surface area contributed by atoms with Gasteiger partial charge in [0.25, 0.3) is 5.56 Å². The van der Waals surface area contributed by atoms with Crippen LogP contribution < -0.4 is 10.9 Å². The zero-order chi connectivity index (χ0) is 23.3. The number of nitrogens with zero attached hydrogens (tertiary/aromatic N) is 4. The molecule has 2 N–H and O–H groups in total. The van der Waals surface area contributed by atoms with Gasteiger partial charge in [-0.2, -0.15) is 0 Å². The van der Waals surface area contributed by atoms with Gasteiger partial charge in [-0.1, -0.05) is 59.8 Å². The minimum absolute atomic E-state index is 0.108. The number of hydrogen-bond donors (Lipinski definition) is 2. The van der Waals surface area contributed by atoms with Gasteiger partial charge in [-0.3, -0.25) is 9.59 Å². The number of imidazole rings is 1. The van der Waals surface area contributed by atoms with Crippen LogP contribution in [-0.4, -0.2) is 30.9 Å². The first kappa shape index (κ1) is 21.5. The summed E-state index contributed by atoms with van der Waals surface area (Å²) < 4.78 is 1.32. The van der Waals surface area contributed by atoms with Gasteiger partial charge in [0.1, 0.15) is 11.3 Å². The van der Waals surface area contributed by atoms with E-state index in [0.29, 0.717) is 30.3 Å². The molecule has 0 saturated carbocycles. The van der Waals surface area contributed by atoms with E-state index in [0.717, 1.165) is 22.4 Å². The van der Waals surface area contributed by atoms with Crippen LogP contribution in [0.15, 0.2) is 83.7 Å². The van der Waals surface area contributed by atoms with Crippen molar-refractivity contribution >= 4 is 27.8 Å². The normalized spacial score (nSPS) is 12.1. The predicted octanol–water partition coefficient (Wildman–Crippen LogP) is 3.55. The fourth-order valence-electron chi connectivity index (χ4n) is 4.03. The molecule has 1 atom stereocenters. The van der Waals surface area contributed by atoms with Crippen LogP contribution in [0, 0.1) is 0 Å². The molecule has 5 aromatic rings. The molecule has 5 rings (SSSR count). The Morgan fingerprint density at radius 3 is 2.50 bits per heavy atom. The highest BCUT2D eigenvalue weighted by Gasteiger charge is 2.19. The van der Waals surface area contributed by atoms with Crippen molar-refractivity contribution in [3.8, 4) is 0 Å². The van der Waals surface area contributed by atoms with Gasteiger partial charge >= 0.3 is 0 Å². The number of aryl methyl sites for hydroxylation is 1. The quantitative estimate of drug-likeness (QED) is 0.375. The van der Waals surface area contributed by atoms with Crippen molar-refractivity contribution in [2.75, 3.05) is 0 Å². The molecule has 0 aliphatic carbocycles. The van der Waals surface area contributed by atoms with Crippen LogP contribution in [0.4, 0.5) is 0 Å². The molecular weight excluding hydrogens is 428 g/mol. The summed E-state index contributed by atoms with van der Waals surface area (Å²) in [7, 11) is 0. The first-order valence-electron chi connectivity index (χ1n) is 11.3. The second-order valence-electron chi connectivity index (χ2n) is 8.19. The van der Waals surface area contributed by atoms with E-state index in [4.69, 9.17) is 4.98 Å². The summed E-state index contributed by atoms with van der Waals surface area (Å²) in [4.78, 5) is 33.5. The van der Waals surface area contributed by atoms with Crippen molar-refractivity contribution in [3.05, 3.63) is 101 Å². The molecule has 34 heavy (non-hydrogen) atoms. The van der Waals surface area contributed by atoms with Crippen molar-refractivity contribution in [3.63, 3.8) is 0 Å². The maximum Gasteiger partial charge on any atom is 0.277 e. The summed E-state index contributed by atoms with van der Waals surface area (Å²) in [5.74, 6) is 0.609. The third-order valence-corrected chi connectivity index (χ3v) is 5.76. The van der Waals surface area contributed by atoms with Crippen LogP contribution >= 0.6 is 0 Å². The number of hydrogen-bond acceptors (Lipinski definition) is 5. The zero-order valence-corrected chi connectivity index (χ0v) is 18.5. The second kappa shape index (κ2) is 9.66. The van der Waals surface area contributed by atoms with Gasteiger partial charge in [0, 0.05) is 13.0 Å². The zero-order valence-electron chi connectivity index (χ0n) is 18.5. The van der Waals surface area contributed by atoms with Crippen LogP contribution in [0.3, 0.4) is 0 Å². The third kappa shape index (κ3) is 4.71. The number of benzene rings is 3. The molecule has 0 fully saturated rings. The molecule has 8 nitrogen and oxygen atoms in total. The predicted molar refractivity (Wildman–Crippen MR) is 130 cm³/mol. The Morgan fingerprint density at radius 2 is 1.68 bits per heavy atom. The van der Waals surface area contributed by atoms with Gasteiger partial charge in [-0.25, -0.2) is 9.67 Å². The lowest BCUT2D eigenvalue weighted by Gasteiger charge is -2.17. The molecule has 170 valence electrons. The molecule has 3 aromatic carbocycles. The Morgan fingerprint density at radius 1 is 0.941 bits per heavy atom. The first-order valence-corrected chi connectivity index (χ1v) is 11.3. The molecule has 0 spiro atoms. The highest BCUT2D eigenvalue weighted by atomic mass is 16.1. The average Bonchev–Trinajstić information content (AvgIpc) is 3.30. The summed E-state index contributed by atoms with van der Waals surface area (Å²) >= 11 is 0. The standard InChI is InChI=1S/C26H24N6O2/c33-24(15-8-16-32-26(34)19-11-4-5-12-20(19)30-31-32)27-23(17-18-9-2-1-3-10-18)25-28-21-13-6-7-14-22(21)29-25/h1-7,9-14,23H,8,15-17H2,(H,27,33)(H,28,29)/t23-/m1/s1. The minimum atomic E-state index is -0.300. The number of aromatic amines is 1. The van der Waals surface area contributed by atoms with Crippen molar-refractivity contribution in [1.82, 2.24) is 30.3 Å². The first-order chi connectivity index (χ1) is 16.7.